The summed E-state index contributed by atoms with van der Waals surface area (Å²) < 4.78 is 0. The molecule has 0 radical (unpaired) electrons. The van der Waals surface area contributed by atoms with E-state index in [4.69, 9.17) is 5.73 Å². The number of hydrogen-bond acceptors (Lipinski definition) is 3. The molecule has 0 spiro atoms. The first-order valence-corrected chi connectivity index (χ1v) is 4.67. The fraction of sp³-hybridized carbons (Fsp3) is 0. The zero-order chi connectivity index (χ0) is 10.5. The Kier molecular flexibility index (Phi) is 2.74. The van der Waals surface area contributed by atoms with Gasteiger partial charge >= 0.3 is 0 Å². The number of rotatable bonds is 2. The lowest BCUT2D eigenvalue weighted by molar-refractivity contribution is 1.23. The van der Waals surface area contributed by atoms with Crippen molar-refractivity contribution in [2.75, 3.05) is 5.73 Å². The molecule has 0 aliphatic heterocycles. The van der Waals surface area contributed by atoms with Crippen molar-refractivity contribution in [1.29, 1.82) is 0 Å². The number of benzene rings is 2. The van der Waals surface area contributed by atoms with Crippen molar-refractivity contribution in [3.05, 3.63) is 54.6 Å². The second-order valence-electron chi connectivity index (χ2n) is 3.13. The number of nitrogens with two attached hydrogens (primary N) is 1. The maximum Gasteiger partial charge on any atom is 0.0877 e. The molecule has 0 unspecified atom stereocenters. The van der Waals surface area contributed by atoms with Crippen LogP contribution >= 0.6 is 0 Å². The molecule has 0 fully saturated rings. The molecule has 0 aliphatic carbocycles. The first-order valence-electron chi connectivity index (χ1n) is 4.67. The van der Waals surface area contributed by atoms with Crippen LogP contribution in [0.5, 0.6) is 0 Å². The molecule has 2 aromatic rings. The highest BCUT2D eigenvalue weighted by atomic mass is 15.1. The first kappa shape index (κ1) is 9.40. The molecule has 2 aromatic carbocycles. The van der Waals surface area contributed by atoms with Gasteiger partial charge in [-0.3, -0.25) is 0 Å². The van der Waals surface area contributed by atoms with E-state index in [0.29, 0.717) is 5.69 Å². The maximum absolute atomic E-state index is 5.63. The molecule has 3 heteroatoms. The third kappa shape index (κ3) is 2.64. The zero-order valence-corrected chi connectivity index (χ0v) is 8.17. The summed E-state index contributed by atoms with van der Waals surface area (Å²) in [4.78, 5) is 0. The standard InChI is InChI=1S/C12H11N3/c13-10-5-4-8-12(9-10)15-14-11-6-2-1-3-7-11/h1-9H,13H2. The SMILES string of the molecule is Nc1cccc(N=Nc2ccccc2)c1. The Hall–Kier alpha value is -2.16. The van der Waals surface area contributed by atoms with E-state index in [-0.39, 0.29) is 0 Å². The molecule has 74 valence electrons. The summed E-state index contributed by atoms with van der Waals surface area (Å²) in [7, 11) is 0. The molecule has 15 heavy (non-hydrogen) atoms. The Labute approximate surface area is 88.3 Å². The summed E-state index contributed by atoms with van der Waals surface area (Å²) >= 11 is 0. The van der Waals surface area contributed by atoms with Gasteiger partial charge in [-0.1, -0.05) is 24.3 Å². The second-order valence-corrected chi connectivity index (χ2v) is 3.13. The van der Waals surface area contributed by atoms with E-state index in [2.05, 4.69) is 10.2 Å². The maximum atomic E-state index is 5.63. The van der Waals surface area contributed by atoms with E-state index >= 15 is 0 Å². The highest BCUT2D eigenvalue weighted by Gasteiger charge is 1.90. The fourth-order valence-corrected chi connectivity index (χ4v) is 1.20. The molecule has 0 saturated carbocycles. The van der Waals surface area contributed by atoms with Crippen molar-refractivity contribution >= 4 is 17.1 Å². The molecule has 0 heterocycles. The van der Waals surface area contributed by atoms with Gasteiger partial charge < -0.3 is 5.73 Å². The van der Waals surface area contributed by atoms with Gasteiger partial charge in [0, 0.05) is 5.69 Å². The van der Waals surface area contributed by atoms with Crippen LogP contribution < -0.4 is 5.73 Å². The van der Waals surface area contributed by atoms with E-state index in [0.717, 1.165) is 11.4 Å². The number of nitrogens with zero attached hydrogens (tertiary/aromatic N) is 2. The topological polar surface area (TPSA) is 50.7 Å². The highest BCUT2D eigenvalue weighted by molar-refractivity contribution is 5.50. The van der Waals surface area contributed by atoms with Gasteiger partial charge in [0.1, 0.15) is 0 Å². The predicted octanol–water partition coefficient (Wildman–Crippen LogP) is 3.68. The van der Waals surface area contributed by atoms with Gasteiger partial charge in [0.15, 0.2) is 0 Å². The van der Waals surface area contributed by atoms with E-state index in [1.54, 1.807) is 6.07 Å². The van der Waals surface area contributed by atoms with Crippen LogP contribution in [0.2, 0.25) is 0 Å². The van der Waals surface area contributed by atoms with E-state index < -0.39 is 0 Å². The van der Waals surface area contributed by atoms with Crippen LogP contribution in [-0.4, -0.2) is 0 Å². The molecule has 3 nitrogen and oxygen atoms in total. The summed E-state index contributed by atoms with van der Waals surface area (Å²) in [5, 5.41) is 8.17. The summed E-state index contributed by atoms with van der Waals surface area (Å²) in [6.07, 6.45) is 0. The number of nitrogen functional groups attached to an aromatic ring is 1. The third-order valence-electron chi connectivity index (χ3n) is 1.91. The Bertz CT molecular complexity index is 463. The van der Waals surface area contributed by atoms with Crippen LogP contribution in [0, 0.1) is 0 Å². The highest BCUT2D eigenvalue weighted by Crippen LogP contribution is 2.19. The van der Waals surface area contributed by atoms with Crippen LogP contribution in [0.1, 0.15) is 0 Å². The van der Waals surface area contributed by atoms with E-state index in [9.17, 15) is 0 Å². The summed E-state index contributed by atoms with van der Waals surface area (Å²) in [5.74, 6) is 0. The quantitative estimate of drug-likeness (QED) is 0.579. The largest absolute Gasteiger partial charge is 0.399 e. The van der Waals surface area contributed by atoms with Gasteiger partial charge in [0.2, 0.25) is 0 Å². The van der Waals surface area contributed by atoms with Crippen LogP contribution in [0.25, 0.3) is 0 Å². The summed E-state index contributed by atoms with van der Waals surface area (Å²) in [6, 6.07) is 16.9. The van der Waals surface area contributed by atoms with Crippen LogP contribution in [0.15, 0.2) is 64.8 Å². The molecule has 0 saturated heterocycles. The van der Waals surface area contributed by atoms with Crippen molar-refractivity contribution in [3.63, 3.8) is 0 Å². The van der Waals surface area contributed by atoms with Crippen LogP contribution in [0.4, 0.5) is 17.1 Å². The lowest BCUT2D eigenvalue weighted by atomic mass is 10.3. The molecule has 2 rings (SSSR count). The molecule has 0 atom stereocenters. The number of anilines is 1. The van der Waals surface area contributed by atoms with Crippen molar-refractivity contribution in [3.8, 4) is 0 Å². The van der Waals surface area contributed by atoms with Crippen molar-refractivity contribution in [2.24, 2.45) is 10.2 Å². The number of azo groups is 1. The minimum Gasteiger partial charge on any atom is -0.399 e. The molecule has 0 aromatic heterocycles. The third-order valence-corrected chi connectivity index (χ3v) is 1.91. The molecular formula is C12H11N3. The molecule has 0 aliphatic rings. The van der Waals surface area contributed by atoms with Gasteiger partial charge in [-0.25, -0.2) is 0 Å². The summed E-state index contributed by atoms with van der Waals surface area (Å²) in [6.45, 7) is 0. The molecule has 0 amide bonds. The van der Waals surface area contributed by atoms with Gasteiger partial charge in [-0.05, 0) is 30.3 Å². The lowest BCUT2D eigenvalue weighted by Crippen LogP contribution is -1.80. The molecule has 0 bridgehead atoms. The fourth-order valence-electron chi connectivity index (χ4n) is 1.20. The van der Waals surface area contributed by atoms with Gasteiger partial charge in [0.25, 0.3) is 0 Å². The smallest absolute Gasteiger partial charge is 0.0877 e. The molecular weight excluding hydrogens is 186 g/mol. The lowest BCUT2D eigenvalue weighted by Gasteiger charge is -1.94. The predicted molar refractivity (Wildman–Crippen MR) is 61.5 cm³/mol. The Morgan fingerprint density at radius 2 is 1.40 bits per heavy atom. The number of hydrogen-bond donors (Lipinski definition) is 1. The van der Waals surface area contributed by atoms with Gasteiger partial charge in [-0.15, -0.1) is 0 Å². The monoisotopic (exact) mass is 197 g/mol. The minimum atomic E-state index is 0.694. The van der Waals surface area contributed by atoms with E-state index in [1.165, 1.54) is 0 Å². The average Bonchev–Trinajstić information content (AvgIpc) is 2.28. The minimum absolute atomic E-state index is 0.694. The van der Waals surface area contributed by atoms with Crippen molar-refractivity contribution in [2.45, 2.75) is 0 Å². The van der Waals surface area contributed by atoms with Crippen LogP contribution in [-0.2, 0) is 0 Å². The van der Waals surface area contributed by atoms with Gasteiger partial charge in [0.05, 0.1) is 11.4 Å². The van der Waals surface area contributed by atoms with Crippen LogP contribution in [0.3, 0.4) is 0 Å². The Balaban J connectivity index is 2.19. The van der Waals surface area contributed by atoms with Crippen molar-refractivity contribution < 1.29 is 0 Å². The first-order chi connectivity index (χ1) is 7.34. The van der Waals surface area contributed by atoms with E-state index in [1.807, 2.05) is 48.5 Å². The Morgan fingerprint density at radius 3 is 2.13 bits per heavy atom. The zero-order valence-electron chi connectivity index (χ0n) is 8.17. The normalized spacial score (nSPS) is 10.7. The van der Waals surface area contributed by atoms with Crippen molar-refractivity contribution in [1.82, 2.24) is 0 Å². The summed E-state index contributed by atoms with van der Waals surface area (Å²) in [5.41, 5.74) is 7.92. The molecule has 2 N–H and O–H groups in total. The second kappa shape index (κ2) is 4.37. The Morgan fingerprint density at radius 1 is 0.733 bits per heavy atom. The van der Waals surface area contributed by atoms with Gasteiger partial charge in [-0.2, -0.15) is 10.2 Å². The average molecular weight is 197 g/mol.